The molecule has 2 heteroatoms. The normalized spacial score (nSPS) is 41.2. The van der Waals surface area contributed by atoms with E-state index in [4.69, 9.17) is 9.47 Å². The summed E-state index contributed by atoms with van der Waals surface area (Å²) >= 11 is 0. The third-order valence-electron chi connectivity index (χ3n) is 2.92. The summed E-state index contributed by atoms with van der Waals surface area (Å²) in [6, 6.07) is 0. The molecular weight excluding hydrogens is 152 g/mol. The zero-order valence-corrected chi connectivity index (χ0v) is 8.81. The van der Waals surface area contributed by atoms with Crippen LogP contribution in [-0.4, -0.2) is 18.5 Å². The van der Waals surface area contributed by atoms with Crippen LogP contribution in [0.1, 0.15) is 41.0 Å². The summed E-state index contributed by atoms with van der Waals surface area (Å²) in [7, 11) is 0. The summed E-state index contributed by atoms with van der Waals surface area (Å²) in [5.74, 6) is -0.352. The van der Waals surface area contributed by atoms with Crippen LogP contribution in [0.2, 0.25) is 0 Å². The van der Waals surface area contributed by atoms with Gasteiger partial charge in [-0.1, -0.05) is 20.8 Å². The van der Waals surface area contributed by atoms with E-state index in [1.54, 1.807) is 0 Å². The zero-order chi connectivity index (χ0) is 9.41. The van der Waals surface area contributed by atoms with Gasteiger partial charge in [0.1, 0.15) is 0 Å². The molecular formula is C10H20O2. The smallest absolute Gasteiger partial charge is 0.165 e. The van der Waals surface area contributed by atoms with Gasteiger partial charge in [0.25, 0.3) is 0 Å². The summed E-state index contributed by atoms with van der Waals surface area (Å²) in [5, 5.41) is 0. The van der Waals surface area contributed by atoms with Crippen LogP contribution < -0.4 is 0 Å². The van der Waals surface area contributed by atoms with Crippen molar-refractivity contribution in [3.63, 3.8) is 0 Å². The highest BCUT2D eigenvalue weighted by molar-refractivity contribution is 4.82. The first kappa shape index (κ1) is 10.0. The van der Waals surface area contributed by atoms with Crippen LogP contribution in [0.25, 0.3) is 0 Å². The number of rotatable bonds is 1. The lowest BCUT2D eigenvalue weighted by atomic mass is 9.87. The Kier molecular flexibility index (Phi) is 2.50. The minimum atomic E-state index is -0.352. The standard InChI is InChI=1S/C10H20O2/c1-6-10(5)11-7-9(3,4)8(2)12-10/h8H,6-7H2,1-5H3/t8-,10+/m0/s1. The molecule has 1 heterocycles. The first-order valence-electron chi connectivity index (χ1n) is 4.71. The van der Waals surface area contributed by atoms with Crippen LogP contribution in [0, 0.1) is 5.41 Å². The van der Waals surface area contributed by atoms with Gasteiger partial charge in [-0.3, -0.25) is 0 Å². The molecule has 1 aliphatic rings. The molecule has 1 rings (SSSR count). The second-order valence-electron chi connectivity index (χ2n) is 4.52. The lowest BCUT2D eigenvalue weighted by Crippen LogP contribution is -2.50. The molecule has 1 saturated heterocycles. The lowest BCUT2D eigenvalue weighted by molar-refractivity contribution is -0.317. The molecule has 0 bridgehead atoms. The summed E-state index contributed by atoms with van der Waals surface area (Å²) in [4.78, 5) is 0. The van der Waals surface area contributed by atoms with E-state index in [-0.39, 0.29) is 17.3 Å². The largest absolute Gasteiger partial charge is 0.350 e. The molecule has 0 saturated carbocycles. The summed E-state index contributed by atoms with van der Waals surface area (Å²) < 4.78 is 11.5. The Morgan fingerprint density at radius 3 is 2.33 bits per heavy atom. The van der Waals surface area contributed by atoms with Crippen molar-refractivity contribution in [2.24, 2.45) is 5.41 Å². The predicted octanol–water partition coefficient (Wildman–Crippen LogP) is 2.57. The molecule has 0 radical (unpaired) electrons. The van der Waals surface area contributed by atoms with Gasteiger partial charge in [-0.2, -0.15) is 0 Å². The molecule has 0 N–H and O–H groups in total. The highest BCUT2D eigenvalue weighted by atomic mass is 16.7. The minimum Gasteiger partial charge on any atom is -0.350 e. The predicted molar refractivity (Wildman–Crippen MR) is 49.0 cm³/mol. The van der Waals surface area contributed by atoms with Crippen LogP contribution in [-0.2, 0) is 9.47 Å². The minimum absolute atomic E-state index is 0.147. The van der Waals surface area contributed by atoms with Gasteiger partial charge >= 0.3 is 0 Å². The van der Waals surface area contributed by atoms with Gasteiger partial charge < -0.3 is 9.47 Å². The molecule has 12 heavy (non-hydrogen) atoms. The topological polar surface area (TPSA) is 18.5 Å². The molecule has 2 nitrogen and oxygen atoms in total. The van der Waals surface area contributed by atoms with Gasteiger partial charge in [0.15, 0.2) is 5.79 Å². The summed E-state index contributed by atoms with van der Waals surface area (Å²) in [6.07, 6.45) is 1.18. The number of hydrogen-bond donors (Lipinski definition) is 0. The highest BCUT2D eigenvalue weighted by Gasteiger charge is 2.40. The Morgan fingerprint density at radius 1 is 1.33 bits per heavy atom. The highest BCUT2D eigenvalue weighted by Crippen LogP contribution is 2.35. The first-order chi connectivity index (χ1) is 5.40. The Balaban J connectivity index is 2.63. The van der Waals surface area contributed by atoms with Gasteiger partial charge in [0.2, 0.25) is 0 Å². The molecule has 0 amide bonds. The molecule has 0 aromatic carbocycles. The van der Waals surface area contributed by atoms with Crippen molar-refractivity contribution in [1.29, 1.82) is 0 Å². The van der Waals surface area contributed by atoms with Crippen molar-refractivity contribution in [2.45, 2.75) is 52.9 Å². The second-order valence-corrected chi connectivity index (χ2v) is 4.52. The van der Waals surface area contributed by atoms with Gasteiger partial charge in [-0.15, -0.1) is 0 Å². The van der Waals surface area contributed by atoms with Crippen LogP contribution in [0.4, 0.5) is 0 Å². The van der Waals surface area contributed by atoms with E-state index in [2.05, 4.69) is 27.7 Å². The zero-order valence-electron chi connectivity index (χ0n) is 8.81. The van der Waals surface area contributed by atoms with Gasteiger partial charge in [-0.05, 0) is 20.3 Å². The maximum atomic E-state index is 5.82. The fourth-order valence-corrected chi connectivity index (χ4v) is 1.21. The maximum Gasteiger partial charge on any atom is 0.165 e. The Labute approximate surface area is 75.2 Å². The first-order valence-corrected chi connectivity index (χ1v) is 4.71. The van der Waals surface area contributed by atoms with Crippen molar-refractivity contribution in [3.05, 3.63) is 0 Å². The molecule has 1 aliphatic heterocycles. The van der Waals surface area contributed by atoms with Crippen molar-refractivity contribution in [2.75, 3.05) is 6.61 Å². The van der Waals surface area contributed by atoms with E-state index in [0.29, 0.717) is 0 Å². The quantitative estimate of drug-likeness (QED) is 0.605. The molecule has 0 aromatic rings. The Hall–Kier alpha value is -0.0800. The van der Waals surface area contributed by atoms with Crippen LogP contribution in [0.3, 0.4) is 0 Å². The molecule has 1 fully saturated rings. The van der Waals surface area contributed by atoms with E-state index in [1.165, 1.54) is 0 Å². The van der Waals surface area contributed by atoms with E-state index in [9.17, 15) is 0 Å². The van der Waals surface area contributed by atoms with Crippen molar-refractivity contribution < 1.29 is 9.47 Å². The van der Waals surface area contributed by atoms with Gasteiger partial charge in [0.05, 0.1) is 12.7 Å². The fourth-order valence-electron chi connectivity index (χ4n) is 1.21. The average molecular weight is 172 g/mol. The van der Waals surface area contributed by atoms with Crippen molar-refractivity contribution in [3.8, 4) is 0 Å². The van der Waals surface area contributed by atoms with Crippen molar-refractivity contribution in [1.82, 2.24) is 0 Å². The summed E-state index contributed by atoms with van der Waals surface area (Å²) in [6.45, 7) is 11.4. The second kappa shape index (κ2) is 3.00. The Morgan fingerprint density at radius 2 is 1.92 bits per heavy atom. The third-order valence-corrected chi connectivity index (χ3v) is 2.92. The van der Waals surface area contributed by atoms with Crippen molar-refractivity contribution >= 4 is 0 Å². The molecule has 2 atom stereocenters. The Bertz CT molecular complexity index is 165. The third kappa shape index (κ3) is 1.80. The SMILES string of the molecule is CC[C@]1(C)OCC(C)(C)[C@H](C)O1. The summed E-state index contributed by atoms with van der Waals surface area (Å²) in [5.41, 5.74) is 0.147. The molecule has 0 spiro atoms. The average Bonchev–Trinajstić information content (AvgIpc) is 1.99. The van der Waals surface area contributed by atoms with E-state index >= 15 is 0 Å². The van der Waals surface area contributed by atoms with Gasteiger partial charge in [-0.25, -0.2) is 0 Å². The number of ether oxygens (including phenoxy) is 2. The van der Waals surface area contributed by atoms with E-state index < -0.39 is 0 Å². The van der Waals surface area contributed by atoms with E-state index in [1.807, 2.05) is 6.92 Å². The lowest BCUT2D eigenvalue weighted by Gasteiger charge is -2.45. The van der Waals surface area contributed by atoms with E-state index in [0.717, 1.165) is 13.0 Å². The van der Waals surface area contributed by atoms with Crippen LogP contribution in [0.15, 0.2) is 0 Å². The van der Waals surface area contributed by atoms with Crippen LogP contribution >= 0.6 is 0 Å². The molecule has 72 valence electrons. The molecule has 0 aliphatic carbocycles. The van der Waals surface area contributed by atoms with Crippen LogP contribution in [0.5, 0.6) is 0 Å². The monoisotopic (exact) mass is 172 g/mol. The molecule has 0 aromatic heterocycles. The van der Waals surface area contributed by atoms with Gasteiger partial charge in [0, 0.05) is 5.41 Å². The number of hydrogen-bond acceptors (Lipinski definition) is 2. The molecule has 0 unspecified atom stereocenters. The fraction of sp³-hybridized carbons (Fsp3) is 1.00. The maximum absolute atomic E-state index is 5.82.